The molecule has 0 unspecified atom stereocenters. The third-order valence-electron chi connectivity index (χ3n) is 7.70. The van der Waals surface area contributed by atoms with E-state index < -0.39 is 11.9 Å². The molecule has 0 atom stereocenters. The summed E-state index contributed by atoms with van der Waals surface area (Å²) in [4.78, 5) is 27.2. The van der Waals surface area contributed by atoms with Crippen LogP contribution in [-0.4, -0.2) is 11.9 Å². The fourth-order valence-electron chi connectivity index (χ4n) is 4.84. The van der Waals surface area contributed by atoms with Crippen molar-refractivity contribution in [1.82, 2.24) is 0 Å². The minimum Gasteiger partial charge on any atom is -0.417 e. The van der Waals surface area contributed by atoms with Crippen LogP contribution in [0.1, 0.15) is 158 Å². The predicted octanol–water partition coefficient (Wildman–Crippen LogP) is 9.98. The van der Waals surface area contributed by atoms with Crippen molar-refractivity contribution in [1.29, 1.82) is 0 Å². The maximum Gasteiger partial charge on any atom is 0.423 e. The summed E-state index contributed by atoms with van der Waals surface area (Å²) in [6, 6.07) is 8.46. The van der Waals surface area contributed by atoms with Crippen LogP contribution in [0.25, 0.3) is 0 Å². The first-order valence-electron chi connectivity index (χ1n) is 15.3. The lowest BCUT2D eigenvalue weighted by Crippen LogP contribution is -2.31. The van der Waals surface area contributed by atoms with Gasteiger partial charge in [-0.25, -0.2) is 9.59 Å². The van der Waals surface area contributed by atoms with E-state index in [0.29, 0.717) is 11.5 Å². The highest BCUT2D eigenvalue weighted by molar-refractivity contribution is 6.31. The van der Waals surface area contributed by atoms with E-state index in [9.17, 15) is 9.59 Å². The van der Waals surface area contributed by atoms with Crippen LogP contribution in [0.3, 0.4) is 0 Å². The van der Waals surface area contributed by atoms with E-state index in [1.54, 1.807) is 0 Å². The molecule has 0 radical (unpaired) electrons. The first-order valence-corrected chi connectivity index (χ1v) is 15.3. The Morgan fingerprint density at radius 2 is 0.571 bits per heavy atom. The molecule has 4 heteroatoms. The molecule has 4 nitrogen and oxygen atoms in total. The largest absolute Gasteiger partial charge is 0.423 e. The summed E-state index contributed by atoms with van der Waals surface area (Å²) in [6.45, 7) is 38.2. The Labute approximate surface area is 257 Å². The van der Waals surface area contributed by atoms with E-state index in [4.69, 9.17) is 9.47 Å². The summed E-state index contributed by atoms with van der Waals surface area (Å²) in [6.07, 6.45) is 0. The standard InChI is InChI=1S/C38H58O4/c1-33(2,3)23-19-25(35(7,8)9)29(26(20-23)36(10,11)12)41-31(39)32(40)42-30-27(37(13,14)15)21-24(34(4,5)6)22-28(30)38(16,17)18/h19-22H,1-18H3. The van der Waals surface area contributed by atoms with Crippen LogP contribution in [-0.2, 0) is 42.1 Å². The second-order valence-corrected chi connectivity index (χ2v) is 18.1. The molecule has 234 valence electrons. The first-order chi connectivity index (χ1) is 18.5. The molecule has 2 aromatic rings. The topological polar surface area (TPSA) is 52.6 Å². The van der Waals surface area contributed by atoms with Gasteiger partial charge in [-0.15, -0.1) is 0 Å². The van der Waals surface area contributed by atoms with Crippen molar-refractivity contribution >= 4 is 11.9 Å². The van der Waals surface area contributed by atoms with Gasteiger partial charge in [0.05, 0.1) is 0 Å². The van der Waals surface area contributed by atoms with Gasteiger partial charge in [0, 0.05) is 22.3 Å². The molecule has 0 heterocycles. The van der Waals surface area contributed by atoms with Gasteiger partial charge >= 0.3 is 11.9 Å². The molecule has 2 aromatic carbocycles. The van der Waals surface area contributed by atoms with E-state index in [2.05, 4.69) is 149 Å². The zero-order valence-corrected chi connectivity index (χ0v) is 29.9. The Kier molecular flexibility index (Phi) is 9.44. The van der Waals surface area contributed by atoms with Gasteiger partial charge in [-0.1, -0.05) is 149 Å². The van der Waals surface area contributed by atoms with Gasteiger partial charge in [-0.2, -0.15) is 0 Å². The number of carbonyl (C=O) groups is 2. The molecule has 2 rings (SSSR count). The van der Waals surface area contributed by atoms with Gasteiger partial charge in [0.1, 0.15) is 11.5 Å². The van der Waals surface area contributed by atoms with E-state index in [1.165, 1.54) is 0 Å². The summed E-state index contributed by atoms with van der Waals surface area (Å²) >= 11 is 0. The Balaban J connectivity index is 2.74. The fourth-order valence-corrected chi connectivity index (χ4v) is 4.84. The zero-order chi connectivity index (χ0) is 33.0. The summed E-state index contributed by atoms with van der Waals surface area (Å²) in [5, 5.41) is 0. The van der Waals surface area contributed by atoms with Gasteiger partial charge < -0.3 is 9.47 Å². The highest BCUT2D eigenvalue weighted by atomic mass is 16.6. The van der Waals surface area contributed by atoms with Crippen molar-refractivity contribution in [2.24, 2.45) is 0 Å². The molecule has 0 aliphatic carbocycles. The molecule has 0 saturated heterocycles. The number of hydrogen-bond donors (Lipinski definition) is 0. The summed E-state index contributed by atoms with van der Waals surface area (Å²) in [5.74, 6) is -1.15. The van der Waals surface area contributed by atoms with Crippen LogP contribution in [0.4, 0.5) is 0 Å². The van der Waals surface area contributed by atoms with Crippen molar-refractivity contribution in [3.05, 3.63) is 57.6 Å². The normalized spacial score (nSPS) is 13.7. The lowest BCUT2D eigenvalue weighted by Gasteiger charge is -2.33. The Hall–Kier alpha value is -2.62. The maximum atomic E-state index is 13.6. The number of esters is 2. The molecule has 42 heavy (non-hydrogen) atoms. The van der Waals surface area contributed by atoms with Gasteiger partial charge in [0.25, 0.3) is 0 Å². The van der Waals surface area contributed by atoms with E-state index in [0.717, 1.165) is 33.4 Å². The van der Waals surface area contributed by atoms with Crippen LogP contribution in [0.2, 0.25) is 0 Å². The highest BCUT2D eigenvalue weighted by Crippen LogP contribution is 2.45. The highest BCUT2D eigenvalue weighted by Gasteiger charge is 2.35. The van der Waals surface area contributed by atoms with Gasteiger partial charge in [0.2, 0.25) is 0 Å². The van der Waals surface area contributed by atoms with Crippen LogP contribution < -0.4 is 9.47 Å². The molecule has 0 bridgehead atoms. The predicted molar refractivity (Wildman–Crippen MR) is 176 cm³/mol. The molecular weight excluding hydrogens is 520 g/mol. The number of benzene rings is 2. The number of rotatable bonds is 2. The monoisotopic (exact) mass is 578 g/mol. The van der Waals surface area contributed by atoms with Crippen LogP contribution in [0, 0.1) is 0 Å². The van der Waals surface area contributed by atoms with Crippen molar-refractivity contribution in [2.45, 2.75) is 157 Å². The lowest BCUT2D eigenvalue weighted by molar-refractivity contribution is -0.156. The minimum absolute atomic E-state index is 0.104. The molecule has 0 aliphatic rings. The van der Waals surface area contributed by atoms with Crippen LogP contribution >= 0.6 is 0 Å². The van der Waals surface area contributed by atoms with Gasteiger partial charge in [-0.05, 0) is 43.6 Å². The maximum absolute atomic E-state index is 13.6. The molecular formula is C38H58O4. The van der Waals surface area contributed by atoms with Gasteiger partial charge in [-0.3, -0.25) is 0 Å². The van der Waals surface area contributed by atoms with E-state index >= 15 is 0 Å². The molecule has 0 aliphatic heterocycles. The molecule has 0 spiro atoms. The second kappa shape index (κ2) is 11.1. The lowest BCUT2D eigenvalue weighted by atomic mass is 9.74. The Morgan fingerprint density at radius 3 is 0.714 bits per heavy atom. The van der Waals surface area contributed by atoms with Crippen LogP contribution in [0.5, 0.6) is 11.5 Å². The molecule has 0 N–H and O–H groups in total. The van der Waals surface area contributed by atoms with Crippen molar-refractivity contribution in [3.63, 3.8) is 0 Å². The number of hydrogen-bond acceptors (Lipinski definition) is 4. The zero-order valence-electron chi connectivity index (χ0n) is 29.9. The molecule has 0 saturated carbocycles. The Morgan fingerprint density at radius 1 is 0.381 bits per heavy atom. The molecule has 0 fully saturated rings. The number of carbonyl (C=O) groups excluding carboxylic acids is 2. The SMILES string of the molecule is CC(C)(C)c1cc(C(C)(C)C)c(OC(=O)C(=O)Oc2c(C(C)(C)C)cc(C(C)(C)C)cc2C(C)(C)C)c(C(C)(C)C)c1. The van der Waals surface area contributed by atoms with E-state index in [1.807, 2.05) is 0 Å². The van der Waals surface area contributed by atoms with Crippen molar-refractivity contribution in [2.75, 3.05) is 0 Å². The molecule has 0 aromatic heterocycles. The van der Waals surface area contributed by atoms with Crippen LogP contribution in [0.15, 0.2) is 24.3 Å². The van der Waals surface area contributed by atoms with Gasteiger partial charge in [0.15, 0.2) is 0 Å². The third-order valence-corrected chi connectivity index (χ3v) is 7.70. The second-order valence-electron chi connectivity index (χ2n) is 18.1. The first kappa shape index (κ1) is 35.6. The summed E-state index contributed by atoms with van der Waals surface area (Å²) < 4.78 is 12.1. The average molecular weight is 579 g/mol. The smallest absolute Gasteiger partial charge is 0.417 e. The Bertz CT molecular complexity index is 1160. The summed E-state index contributed by atoms with van der Waals surface area (Å²) in [5.41, 5.74) is 4.34. The molecule has 0 amide bonds. The quantitative estimate of drug-likeness (QED) is 0.202. The van der Waals surface area contributed by atoms with Crippen molar-refractivity contribution in [3.8, 4) is 11.5 Å². The van der Waals surface area contributed by atoms with Crippen molar-refractivity contribution < 1.29 is 19.1 Å². The van der Waals surface area contributed by atoms with E-state index in [-0.39, 0.29) is 32.5 Å². The minimum atomic E-state index is -1.02. The number of ether oxygens (including phenoxy) is 2. The summed E-state index contributed by atoms with van der Waals surface area (Å²) in [7, 11) is 0. The fraction of sp³-hybridized carbons (Fsp3) is 0.632. The average Bonchev–Trinajstić information content (AvgIpc) is 2.74. The third kappa shape index (κ3) is 8.26.